The maximum absolute atomic E-state index is 10.2. The summed E-state index contributed by atoms with van der Waals surface area (Å²) in [5, 5.41) is 17.9. The summed E-state index contributed by atoms with van der Waals surface area (Å²) < 4.78 is 4.88. The Balaban J connectivity index is 2.22. The van der Waals surface area contributed by atoms with E-state index in [4.69, 9.17) is 14.6 Å². The lowest BCUT2D eigenvalue weighted by molar-refractivity contribution is -0.138. The fourth-order valence-corrected chi connectivity index (χ4v) is 1.42. The first-order valence-electron chi connectivity index (χ1n) is 3.60. The number of carboxylic acid groups (broad SMARTS) is 1. The standard InChI is InChI=1S/C7H9NO4S/c9-5(3-6(10)11)4-13-7-8-1-2-12-7/h1-2,5,9H,3-4H2,(H,10,11). The van der Waals surface area contributed by atoms with Gasteiger partial charge in [0.25, 0.3) is 5.22 Å². The molecular weight excluding hydrogens is 194 g/mol. The Hall–Kier alpha value is -1.01. The van der Waals surface area contributed by atoms with E-state index in [-0.39, 0.29) is 12.2 Å². The van der Waals surface area contributed by atoms with Crippen molar-refractivity contribution in [3.8, 4) is 0 Å². The van der Waals surface area contributed by atoms with Crippen LogP contribution in [0, 0.1) is 0 Å². The molecule has 1 unspecified atom stereocenters. The first-order valence-corrected chi connectivity index (χ1v) is 4.59. The van der Waals surface area contributed by atoms with Crippen LogP contribution in [0.2, 0.25) is 0 Å². The maximum Gasteiger partial charge on any atom is 0.306 e. The molecule has 1 rings (SSSR count). The van der Waals surface area contributed by atoms with E-state index in [0.29, 0.717) is 5.22 Å². The molecule has 2 N–H and O–H groups in total. The lowest BCUT2D eigenvalue weighted by Crippen LogP contribution is -2.15. The average molecular weight is 203 g/mol. The van der Waals surface area contributed by atoms with Gasteiger partial charge >= 0.3 is 5.97 Å². The van der Waals surface area contributed by atoms with E-state index in [1.54, 1.807) is 0 Å². The third-order valence-electron chi connectivity index (χ3n) is 1.22. The summed E-state index contributed by atoms with van der Waals surface area (Å²) >= 11 is 1.19. The number of hydrogen-bond acceptors (Lipinski definition) is 5. The van der Waals surface area contributed by atoms with E-state index in [9.17, 15) is 4.79 Å². The van der Waals surface area contributed by atoms with Crippen molar-refractivity contribution in [2.45, 2.75) is 17.7 Å². The number of carbonyl (C=O) groups is 1. The SMILES string of the molecule is O=C(O)CC(O)CSc1ncco1. The van der Waals surface area contributed by atoms with Gasteiger partial charge in [0.05, 0.1) is 18.7 Å². The molecule has 13 heavy (non-hydrogen) atoms. The highest BCUT2D eigenvalue weighted by Gasteiger charge is 2.10. The molecule has 0 saturated carbocycles. The number of hydrogen-bond donors (Lipinski definition) is 2. The first kappa shape index (κ1) is 10.1. The summed E-state index contributed by atoms with van der Waals surface area (Å²) in [6, 6.07) is 0. The molecule has 0 bridgehead atoms. The molecule has 0 spiro atoms. The molecule has 0 amide bonds. The van der Waals surface area contributed by atoms with Gasteiger partial charge in [-0.15, -0.1) is 0 Å². The summed E-state index contributed by atoms with van der Waals surface area (Å²) in [6.07, 6.45) is 1.79. The second kappa shape index (κ2) is 4.88. The minimum Gasteiger partial charge on any atom is -0.481 e. The molecule has 1 aromatic heterocycles. The smallest absolute Gasteiger partial charge is 0.306 e. The van der Waals surface area contributed by atoms with Crippen LogP contribution < -0.4 is 0 Å². The Morgan fingerprint density at radius 3 is 3.08 bits per heavy atom. The maximum atomic E-state index is 10.2. The van der Waals surface area contributed by atoms with E-state index in [2.05, 4.69) is 4.98 Å². The Morgan fingerprint density at radius 1 is 1.77 bits per heavy atom. The number of aliphatic hydroxyl groups excluding tert-OH is 1. The number of carboxylic acids is 1. The number of nitrogens with zero attached hydrogens (tertiary/aromatic N) is 1. The van der Waals surface area contributed by atoms with Crippen molar-refractivity contribution in [3.63, 3.8) is 0 Å². The van der Waals surface area contributed by atoms with Gasteiger partial charge in [0, 0.05) is 5.75 Å². The van der Waals surface area contributed by atoms with Crippen LogP contribution in [0.25, 0.3) is 0 Å². The van der Waals surface area contributed by atoms with Crippen molar-refractivity contribution in [2.24, 2.45) is 0 Å². The van der Waals surface area contributed by atoms with Gasteiger partial charge in [-0.25, -0.2) is 4.98 Å². The number of aromatic nitrogens is 1. The Kier molecular flexibility index (Phi) is 3.78. The van der Waals surface area contributed by atoms with Gasteiger partial charge in [0.15, 0.2) is 0 Å². The fraction of sp³-hybridized carbons (Fsp3) is 0.429. The molecular formula is C7H9NO4S. The zero-order valence-corrected chi connectivity index (χ0v) is 7.53. The van der Waals surface area contributed by atoms with Gasteiger partial charge in [0.2, 0.25) is 0 Å². The quantitative estimate of drug-likeness (QED) is 0.682. The molecule has 0 radical (unpaired) electrons. The first-order chi connectivity index (χ1) is 6.18. The van der Waals surface area contributed by atoms with Gasteiger partial charge in [-0.2, -0.15) is 0 Å². The zero-order valence-electron chi connectivity index (χ0n) is 6.71. The van der Waals surface area contributed by atoms with Crippen molar-refractivity contribution in [2.75, 3.05) is 5.75 Å². The van der Waals surface area contributed by atoms with Gasteiger partial charge in [-0.1, -0.05) is 11.8 Å². The van der Waals surface area contributed by atoms with E-state index in [1.807, 2.05) is 0 Å². The fourth-order valence-electron chi connectivity index (χ4n) is 0.710. The monoisotopic (exact) mass is 203 g/mol. The Bertz CT molecular complexity index is 261. The van der Waals surface area contributed by atoms with Crippen LogP contribution in [-0.4, -0.2) is 33.0 Å². The molecule has 1 atom stereocenters. The molecule has 0 aliphatic rings. The predicted octanol–water partition coefficient (Wildman–Crippen LogP) is 0.602. The van der Waals surface area contributed by atoms with Gasteiger partial charge in [-0.05, 0) is 0 Å². The van der Waals surface area contributed by atoms with Crippen LogP contribution in [0.15, 0.2) is 22.1 Å². The Morgan fingerprint density at radius 2 is 2.54 bits per heavy atom. The van der Waals surface area contributed by atoms with Crippen LogP contribution >= 0.6 is 11.8 Å². The topological polar surface area (TPSA) is 83.6 Å². The summed E-state index contributed by atoms with van der Waals surface area (Å²) in [6.45, 7) is 0. The molecule has 0 aromatic carbocycles. The summed E-state index contributed by atoms with van der Waals surface area (Å²) in [4.78, 5) is 14.0. The third kappa shape index (κ3) is 3.95. The lowest BCUT2D eigenvalue weighted by atomic mass is 10.3. The summed E-state index contributed by atoms with van der Waals surface area (Å²) in [5.41, 5.74) is 0. The van der Waals surface area contributed by atoms with Gasteiger partial charge in [0.1, 0.15) is 6.26 Å². The molecule has 1 heterocycles. The normalized spacial score (nSPS) is 12.7. The highest BCUT2D eigenvalue weighted by atomic mass is 32.2. The van der Waals surface area contributed by atoms with Crippen LogP contribution in [0.4, 0.5) is 0 Å². The lowest BCUT2D eigenvalue weighted by Gasteiger charge is -2.04. The molecule has 5 nitrogen and oxygen atoms in total. The van der Waals surface area contributed by atoms with Gasteiger partial charge in [-0.3, -0.25) is 4.79 Å². The van der Waals surface area contributed by atoms with Gasteiger partial charge < -0.3 is 14.6 Å². The molecule has 72 valence electrons. The molecule has 1 aromatic rings. The van der Waals surface area contributed by atoms with Crippen LogP contribution in [-0.2, 0) is 4.79 Å². The van der Waals surface area contributed by atoms with E-state index in [0.717, 1.165) is 0 Å². The van der Waals surface area contributed by atoms with Crippen molar-refractivity contribution in [3.05, 3.63) is 12.5 Å². The number of aliphatic carboxylic acids is 1. The number of rotatable bonds is 5. The third-order valence-corrected chi connectivity index (χ3v) is 2.22. The van der Waals surface area contributed by atoms with Crippen LogP contribution in [0.1, 0.15) is 6.42 Å². The van der Waals surface area contributed by atoms with Crippen molar-refractivity contribution < 1.29 is 19.4 Å². The minimum atomic E-state index is -1.01. The van der Waals surface area contributed by atoms with Crippen molar-refractivity contribution in [1.82, 2.24) is 4.98 Å². The molecule has 0 fully saturated rings. The molecule has 0 aliphatic heterocycles. The largest absolute Gasteiger partial charge is 0.481 e. The second-order valence-electron chi connectivity index (χ2n) is 2.36. The average Bonchev–Trinajstić information content (AvgIpc) is 2.51. The minimum absolute atomic E-state index is 0.256. The zero-order chi connectivity index (χ0) is 9.68. The molecule has 0 saturated heterocycles. The van der Waals surface area contributed by atoms with Crippen molar-refractivity contribution >= 4 is 17.7 Å². The van der Waals surface area contributed by atoms with Crippen LogP contribution in [0.5, 0.6) is 0 Å². The summed E-state index contributed by atoms with van der Waals surface area (Å²) in [7, 11) is 0. The Labute approximate surface area is 78.8 Å². The van der Waals surface area contributed by atoms with Crippen molar-refractivity contribution in [1.29, 1.82) is 0 Å². The molecule has 6 heteroatoms. The van der Waals surface area contributed by atoms with E-state index in [1.165, 1.54) is 24.2 Å². The van der Waals surface area contributed by atoms with Crippen LogP contribution in [0.3, 0.4) is 0 Å². The summed E-state index contributed by atoms with van der Waals surface area (Å²) in [5.74, 6) is -0.743. The van der Waals surface area contributed by atoms with E-state index < -0.39 is 12.1 Å². The number of aliphatic hydroxyl groups is 1. The highest BCUT2D eigenvalue weighted by Crippen LogP contribution is 2.16. The number of oxazole rings is 1. The predicted molar refractivity (Wildman–Crippen MR) is 45.5 cm³/mol. The second-order valence-corrected chi connectivity index (χ2v) is 3.33. The molecule has 0 aliphatic carbocycles. The number of thioether (sulfide) groups is 1. The van der Waals surface area contributed by atoms with E-state index >= 15 is 0 Å². The highest BCUT2D eigenvalue weighted by molar-refractivity contribution is 7.99.